The monoisotopic (exact) mass is 534 g/mol. The number of fused-ring (bicyclic) bond motifs is 3. The maximum absolute atomic E-state index is 13.7. The number of esters is 2. The summed E-state index contributed by atoms with van der Waals surface area (Å²) in [6.45, 7) is 9.05. The number of hydrogen-bond donors (Lipinski definition) is 0. The molecular weight excluding hydrogens is 500 g/mol. The van der Waals surface area contributed by atoms with Crippen molar-refractivity contribution in [1.82, 2.24) is 9.13 Å². The number of hydrogen-bond acceptors (Lipinski definition) is 4. The van der Waals surface area contributed by atoms with E-state index in [1.807, 2.05) is 66.9 Å². The molecule has 0 saturated heterocycles. The minimum atomic E-state index is -1.21. The first kappa shape index (κ1) is 25.9. The minimum absolute atomic E-state index is 0.333. The Morgan fingerprint density at radius 1 is 0.900 bits per heavy atom. The quantitative estimate of drug-likeness (QED) is 0.207. The number of carbonyl (C=O) groups excluding carboxylic acids is 2. The standard InChI is InChI=1S/C34H34N2O4/c1-6-7-20-35-21(2)30(25-15-9-12-18-28(25)35)34(27-17-11-8-14-24(27)33(38)40-34)31-22(3)36(23(4)32(37)39-5)29-19-13-10-16-26(29)31/h8-19,23H,6-7,20H2,1-5H3. The van der Waals surface area contributed by atoms with Gasteiger partial charge in [-0.05, 0) is 45.4 Å². The average molecular weight is 535 g/mol. The van der Waals surface area contributed by atoms with Gasteiger partial charge in [-0.25, -0.2) is 9.59 Å². The molecule has 3 heterocycles. The molecule has 0 radical (unpaired) electrons. The second-order valence-corrected chi connectivity index (χ2v) is 10.6. The van der Waals surface area contributed by atoms with Gasteiger partial charge < -0.3 is 18.6 Å². The van der Waals surface area contributed by atoms with Crippen LogP contribution in [0.5, 0.6) is 0 Å². The number of cyclic esters (lactones) is 1. The molecular formula is C34H34N2O4. The Balaban J connectivity index is 1.80. The van der Waals surface area contributed by atoms with E-state index in [9.17, 15) is 9.59 Å². The number of methoxy groups -OCH3 is 1. The summed E-state index contributed by atoms with van der Waals surface area (Å²) in [6.07, 6.45) is 2.11. The van der Waals surface area contributed by atoms with Crippen molar-refractivity contribution in [2.75, 3.05) is 7.11 Å². The topological polar surface area (TPSA) is 62.5 Å². The number of nitrogens with zero attached hydrogens (tertiary/aromatic N) is 2. The molecule has 6 heteroatoms. The SMILES string of the molecule is CCCCn1c(C)c(C2(c3c(C)n(C(C)C(=O)OC)c4ccccc34)OC(=O)c3ccccc32)c2ccccc21. The molecule has 1 aliphatic rings. The summed E-state index contributed by atoms with van der Waals surface area (Å²) in [6, 6.07) is 23.5. The van der Waals surface area contributed by atoms with Crippen LogP contribution in [0.2, 0.25) is 0 Å². The zero-order chi connectivity index (χ0) is 28.2. The van der Waals surface area contributed by atoms with Crippen molar-refractivity contribution < 1.29 is 19.1 Å². The third-order valence-corrected chi connectivity index (χ3v) is 8.53. The van der Waals surface area contributed by atoms with Crippen molar-refractivity contribution in [2.24, 2.45) is 0 Å². The van der Waals surface area contributed by atoms with E-state index in [-0.39, 0.29) is 11.9 Å². The summed E-state index contributed by atoms with van der Waals surface area (Å²) in [5.41, 5.74) is 5.94. The van der Waals surface area contributed by atoms with Gasteiger partial charge in [-0.15, -0.1) is 0 Å². The van der Waals surface area contributed by atoms with E-state index < -0.39 is 11.6 Å². The second kappa shape index (κ2) is 9.70. The molecule has 40 heavy (non-hydrogen) atoms. The number of benzene rings is 3. The highest BCUT2D eigenvalue weighted by Crippen LogP contribution is 2.54. The molecule has 2 unspecified atom stereocenters. The third-order valence-electron chi connectivity index (χ3n) is 8.53. The van der Waals surface area contributed by atoms with Crippen molar-refractivity contribution in [3.05, 3.63) is 106 Å². The fourth-order valence-electron chi connectivity index (χ4n) is 6.80. The van der Waals surface area contributed by atoms with E-state index in [0.717, 1.165) is 69.3 Å². The van der Waals surface area contributed by atoms with Gasteiger partial charge >= 0.3 is 11.9 Å². The summed E-state index contributed by atoms with van der Waals surface area (Å²) in [4.78, 5) is 26.5. The smallest absolute Gasteiger partial charge is 0.340 e. The van der Waals surface area contributed by atoms with E-state index in [1.54, 1.807) is 0 Å². The van der Waals surface area contributed by atoms with Crippen LogP contribution in [0, 0.1) is 13.8 Å². The Hall–Kier alpha value is -4.32. The lowest BCUT2D eigenvalue weighted by molar-refractivity contribution is -0.143. The molecule has 0 bridgehead atoms. The van der Waals surface area contributed by atoms with Crippen LogP contribution in [-0.2, 0) is 26.4 Å². The van der Waals surface area contributed by atoms with Gasteiger partial charge in [0.05, 0.1) is 12.7 Å². The van der Waals surface area contributed by atoms with Crippen LogP contribution < -0.4 is 0 Å². The molecule has 1 aliphatic heterocycles. The molecule has 6 rings (SSSR count). The van der Waals surface area contributed by atoms with Gasteiger partial charge in [-0.2, -0.15) is 0 Å². The predicted octanol–water partition coefficient (Wildman–Crippen LogP) is 7.21. The Morgan fingerprint density at radius 2 is 1.50 bits per heavy atom. The molecule has 2 atom stereocenters. The van der Waals surface area contributed by atoms with Gasteiger partial charge in [0.2, 0.25) is 0 Å². The van der Waals surface area contributed by atoms with Crippen LogP contribution >= 0.6 is 0 Å². The van der Waals surface area contributed by atoms with Crippen molar-refractivity contribution in [1.29, 1.82) is 0 Å². The number of rotatable bonds is 7. The normalized spacial score (nSPS) is 17.3. The van der Waals surface area contributed by atoms with Crippen LogP contribution in [0.15, 0.2) is 72.8 Å². The molecule has 0 aliphatic carbocycles. The first-order chi connectivity index (χ1) is 19.4. The molecule has 0 N–H and O–H groups in total. The molecule has 2 aromatic heterocycles. The highest BCUT2D eigenvalue weighted by Gasteiger charge is 2.53. The molecule has 0 fully saturated rings. The summed E-state index contributed by atoms with van der Waals surface area (Å²) in [5, 5.41) is 1.99. The van der Waals surface area contributed by atoms with Crippen LogP contribution in [0.1, 0.15) is 71.2 Å². The molecule has 204 valence electrons. The average Bonchev–Trinajstić information content (AvgIpc) is 3.55. The van der Waals surface area contributed by atoms with Crippen LogP contribution in [0.4, 0.5) is 0 Å². The molecule has 0 saturated carbocycles. The first-order valence-corrected chi connectivity index (χ1v) is 14.0. The summed E-state index contributed by atoms with van der Waals surface area (Å²) >= 11 is 0. The zero-order valence-corrected chi connectivity index (χ0v) is 23.7. The van der Waals surface area contributed by atoms with E-state index in [0.29, 0.717) is 5.56 Å². The van der Waals surface area contributed by atoms with Gasteiger partial charge in [-0.3, -0.25) is 0 Å². The number of carbonyl (C=O) groups is 2. The van der Waals surface area contributed by atoms with E-state index in [4.69, 9.17) is 9.47 Å². The third kappa shape index (κ3) is 3.48. The van der Waals surface area contributed by atoms with Gasteiger partial charge in [-0.1, -0.05) is 67.9 Å². The largest absolute Gasteiger partial charge is 0.467 e. The lowest BCUT2D eigenvalue weighted by Gasteiger charge is -2.31. The Kier molecular flexibility index (Phi) is 6.29. The molecule has 0 spiro atoms. The van der Waals surface area contributed by atoms with E-state index in [1.165, 1.54) is 7.11 Å². The van der Waals surface area contributed by atoms with Gasteiger partial charge in [0.15, 0.2) is 5.60 Å². The fourth-order valence-corrected chi connectivity index (χ4v) is 6.80. The fraction of sp³-hybridized carbons (Fsp3) is 0.294. The molecule has 3 aromatic carbocycles. The maximum Gasteiger partial charge on any atom is 0.340 e. The first-order valence-electron chi connectivity index (χ1n) is 14.0. The van der Waals surface area contributed by atoms with Crippen molar-refractivity contribution in [3.8, 4) is 0 Å². The second-order valence-electron chi connectivity index (χ2n) is 10.6. The number of aryl methyl sites for hydroxylation is 1. The van der Waals surface area contributed by atoms with Gasteiger partial charge in [0, 0.05) is 56.4 Å². The van der Waals surface area contributed by atoms with Gasteiger partial charge in [0.1, 0.15) is 6.04 Å². The lowest BCUT2D eigenvalue weighted by Crippen LogP contribution is -2.31. The Labute approximate surface area is 234 Å². The van der Waals surface area contributed by atoms with Crippen LogP contribution in [0.3, 0.4) is 0 Å². The van der Waals surface area contributed by atoms with Crippen molar-refractivity contribution in [3.63, 3.8) is 0 Å². The lowest BCUT2D eigenvalue weighted by atomic mass is 9.77. The number of para-hydroxylation sites is 2. The van der Waals surface area contributed by atoms with Crippen molar-refractivity contribution in [2.45, 2.75) is 58.7 Å². The number of ether oxygens (including phenoxy) is 2. The van der Waals surface area contributed by atoms with E-state index >= 15 is 0 Å². The zero-order valence-electron chi connectivity index (χ0n) is 23.7. The Morgan fingerprint density at radius 3 is 2.20 bits per heavy atom. The van der Waals surface area contributed by atoms with Gasteiger partial charge in [0.25, 0.3) is 0 Å². The molecule has 5 aromatic rings. The highest BCUT2D eigenvalue weighted by atomic mass is 16.6. The summed E-state index contributed by atoms with van der Waals surface area (Å²) in [5.74, 6) is -0.682. The summed E-state index contributed by atoms with van der Waals surface area (Å²) < 4.78 is 16.2. The van der Waals surface area contributed by atoms with E-state index in [2.05, 4.69) is 42.7 Å². The minimum Gasteiger partial charge on any atom is -0.467 e. The number of aromatic nitrogens is 2. The highest BCUT2D eigenvalue weighted by molar-refractivity contribution is 6.01. The van der Waals surface area contributed by atoms with Crippen molar-refractivity contribution >= 4 is 33.7 Å². The maximum atomic E-state index is 13.7. The predicted molar refractivity (Wildman–Crippen MR) is 157 cm³/mol. The van der Waals surface area contributed by atoms with Crippen LogP contribution in [-0.4, -0.2) is 28.2 Å². The Bertz CT molecular complexity index is 1790. The van der Waals surface area contributed by atoms with Crippen LogP contribution in [0.25, 0.3) is 21.8 Å². The molecule has 6 nitrogen and oxygen atoms in total. The number of unbranched alkanes of at least 4 members (excludes halogenated alkanes) is 1. The molecule has 0 amide bonds. The summed E-state index contributed by atoms with van der Waals surface area (Å²) in [7, 11) is 1.41.